The monoisotopic (exact) mass is 620 g/mol. The Hall–Kier alpha value is -4.24. The van der Waals surface area contributed by atoms with Crippen LogP contribution >= 0.6 is 0 Å². The minimum absolute atomic E-state index is 0.0476. The second-order valence-electron chi connectivity index (χ2n) is 10.2. The van der Waals surface area contributed by atoms with E-state index >= 15 is 0 Å². The number of nitrogens with zero attached hydrogens (tertiary/aromatic N) is 4. The van der Waals surface area contributed by atoms with Crippen LogP contribution in [0.3, 0.4) is 0 Å². The first-order valence-electron chi connectivity index (χ1n) is 13.2. The van der Waals surface area contributed by atoms with E-state index in [0.29, 0.717) is 18.1 Å². The number of anilines is 2. The molecule has 0 aliphatic carbocycles. The summed E-state index contributed by atoms with van der Waals surface area (Å²) in [5.41, 5.74) is 6.60. The summed E-state index contributed by atoms with van der Waals surface area (Å²) >= 11 is 0. The van der Waals surface area contributed by atoms with Crippen molar-refractivity contribution in [3.05, 3.63) is 77.1 Å². The fraction of sp³-hybridized carbons (Fsp3) is 0.357. The van der Waals surface area contributed by atoms with Gasteiger partial charge in [-0.25, -0.2) is 23.2 Å². The average molecular weight is 621 g/mol. The number of piperazine rings is 1. The van der Waals surface area contributed by atoms with Crippen LogP contribution in [0.4, 0.5) is 24.8 Å². The number of sulfonamides is 1. The van der Waals surface area contributed by atoms with Gasteiger partial charge in [0.25, 0.3) is 0 Å². The number of hydrogen-bond donors (Lipinski definition) is 2. The number of benzene rings is 2. The molecule has 0 bridgehead atoms. The summed E-state index contributed by atoms with van der Waals surface area (Å²) in [5.74, 6) is -1.11. The minimum Gasteiger partial charge on any atom is -0.464 e. The zero-order valence-electron chi connectivity index (χ0n) is 23.6. The smallest absolute Gasteiger partial charge is 0.416 e. The number of alkyl halides is 3. The van der Waals surface area contributed by atoms with Crippen LogP contribution in [0.15, 0.2) is 59.6 Å². The van der Waals surface area contributed by atoms with Crippen LogP contribution in [-0.4, -0.2) is 67.4 Å². The van der Waals surface area contributed by atoms with Crippen molar-refractivity contribution in [2.75, 3.05) is 37.4 Å². The van der Waals surface area contributed by atoms with Gasteiger partial charge in [-0.05, 0) is 41.3 Å². The van der Waals surface area contributed by atoms with E-state index in [1.54, 1.807) is 4.90 Å². The summed E-state index contributed by atoms with van der Waals surface area (Å²) in [6.07, 6.45) is -3.39. The van der Waals surface area contributed by atoms with Crippen LogP contribution in [0.25, 0.3) is 0 Å². The van der Waals surface area contributed by atoms with Crippen molar-refractivity contribution in [1.82, 2.24) is 19.6 Å². The maximum absolute atomic E-state index is 13.6. The highest BCUT2D eigenvalue weighted by atomic mass is 32.2. The number of carbonyl (C=O) groups is 2. The highest BCUT2D eigenvalue weighted by Crippen LogP contribution is 2.31. The standard InChI is InChI=1S/C28H31F3N6O5S/c1-17(2)19-6-4-18(5-7-19)14-34-26(38)22-16-36(23-15-33-24(25(32)35-23)27(39)42-3)12-13-37(22)43(40,41)21-10-8-20(9-11-21)28(29,30)31/h4-11,15,17,22H,12-14,16H2,1-3H3,(H2,32,35)(H,34,38)/t22-/m1/s1. The van der Waals surface area contributed by atoms with Crippen LogP contribution < -0.4 is 16.0 Å². The molecule has 2 heterocycles. The predicted molar refractivity (Wildman–Crippen MR) is 151 cm³/mol. The molecule has 230 valence electrons. The Morgan fingerprint density at radius 2 is 1.74 bits per heavy atom. The predicted octanol–water partition coefficient (Wildman–Crippen LogP) is 3.18. The van der Waals surface area contributed by atoms with Gasteiger partial charge >= 0.3 is 12.1 Å². The van der Waals surface area contributed by atoms with Gasteiger partial charge in [-0.15, -0.1) is 0 Å². The fourth-order valence-corrected chi connectivity index (χ4v) is 6.12. The zero-order valence-corrected chi connectivity index (χ0v) is 24.4. The molecular weight excluding hydrogens is 589 g/mol. The molecule has 0 saturated carbocycles. The Labute approximate surface area is 246 Å². The maximum Gasteiger partial charge on any atom is 0.416 e. The second-order valence-corrected chi connectivity index (χ2v) is 12.1. The Morgan fingerprint density at radius 3 is 2.30 bits per heavy atom. The maximum atomic E-state index is 13.6. The van der Waals surface area contributed by atoms with Gasteiger partial charge in [-0.3, -0.25) is 4.79 Å². The van der Waals surface area contributed by atoms with E-state index in [1.165, 1.54) is 6.20 Å². The summed E-state index contributed by atoms with van der Waals surface area (Å²) in [6.45, 7) is 3.89. The molecule has 0 radical (unpaired) electrons. The molecule has 0 spiro atoms. The van der Waals surface area contributed by atoms with Crippen LogP contribution in [0.2, 0.25) is 0 Å². The Balaban J connectivity index is 1.62. The van der Waals surface area contributed by atoms with E-state index in [4.69, 9.17) is 5.73 Å². The fourth-order valence-electron chi connectivity index (χ4n) is 4.55. The van der Waals surface area contributed by atoms with Crippen LogP contribution in [0.5, 0.6) is 0 Å². The molecule has 3 N–H and O–H groups in total. The van der Waals surface area contributed by atoms with Gasteiger partial charge in [0.1, 0.15) is 11.9 Å². The number of ether oxygens (including phenoxy) is 1. The van der Waals surface area contributed by atoms with Gasteiger partial charge in [0.15, 0.2) is 11.5 Å². The molecule has 1 aliphatic rings. The summed E-state index contributed by atoms with van der Waals surface area (Å²) < 4.78 is 72.1. The normalized spacial score (nSPS) is 16.3. The number of esters is 1. The van der Waals surface area contributed by atoms with Crippen LogP contribution in [-0.2, 0) is 32.3 Å². The molecule has 1 aromatic heterocycles. The molecule has 1 fully saturated rings. The van der Waals surface area contributed by atoms with Crippen LogP contribution in [0, 0.1) is 0 Å². The second kappa shape index (κ2) is 12.6. The van der Waals surface area contributed by atoms with E-state index in [-0.39, 0.29) is 48.4 Å². The van der Waals surface area contributed by atoms with Crippen molar-refractivity contribution in [2.45, 2.75) is 43.4 Å². The van der Waals surface area contributed by atoms with Crippen molar-refractivity contribution >= 4 is 33.5 Å². The van der Waals surface area contributed by atoms with Gasteiger partial charge in [0.05, 0.1) is 23.8 Å². The first-order valence-corrected chi connectivity index (χ1v) is 14.7. The van der Waals surface area contributed by atoms with E-state index in [0.717, 1.165) is 34.7 Å². The lowest BCUT2D eigenvalue weighted by Crippen LogP contribution is -2.60. The summed E-state index contributed by atoms with van der Waals surface area (Å²) in [7, 11) is -3.23. The average Bonchev–Trinajstić information content (AvgIpc) is 2.99. The molecule has 1 aliphatic heterocycles. The number of hydrogen-bond acceptors (Lipinski definition) is 9. The molecule has 2 aromatic carbocycles. The number of aromatic nitrogens is 2. The third-order valence-electron chi connectivity index (χ3n) is 7.02. The number of amides is 1. The lowest BCUT2D eigenvalue weighted by molar-refractivity contribution is -0.137. The third-order valence-corrected chi connectivity index (χ3v) is 8.95. The molecular formula is C28H31F3N6O5S. The number of methoxy groups -OCH3 is 1. The van der Waals surface area contributed by atoms with Crippen molar-refractivity contribution < 1.29 is 35.9 Å². The SMILES string of the molecule is COC(=O)c1ncc(N2CCN(S(=O)(=O)c3ccc(C(F)(F)F)cc3)[C@@H](C(=O)NCc3ccc(C(C)C)cc3)C2)nc1N. The van der Waals surface area contributed by atoms with E-state index in [1.807, 2.05) is 24.3 Å². The number of nitrogen functional groups attached to an aromatic ring is 1. The van der Waals surface area contributed by atoms with Crippen molar-refractivity contribution in [2.24, 2.45) is 0 Å². The lowest BCUT2D eigenvalue weighted by Gasteiger charge is -2.40. The highest BCUT2D eigenvalue weighted by Gasteiger charge is 2.41. The Morgan fingerprint density at radius 1 is 1.09 bits per heavy atom. The minimum atomic E-state index is -4.64. The van der Waals surface area contributed by atoms with Crippen LogP contribution in [0.1, 0.15) is 46.9 Å². The third kappa shape index (κ3) is 7.05. The molecule has 11 nitrogen and oxygen atoms in total. The largest absolute Gasteiger partial charge is 0.464 e. The number of carbonyl (C=O) groups excluding carboxylic acids is 2. The molecule has 0 unspecified atom stereocenters. The topological polar surface area (TPSA) is 148 Å². The summed E-state index contributed by atoms with van der Waals surface area (Å²) in [5, 5.41) is 2.77. The lowest BCUT2D eigenvalue weighted by atomic mass is 10.0. The van der Waals surface area contributed by atoms with Crippen molar-refractivity contribution in [3.8, 4) is 0 Å². The summed E-state index contributed by atoms with van der Waals surface area (Å²) in [6, 6.07) is 9.41. The molecule has 3 aromatic rings. The van der Waals surface area contributed by atoms with E-state index < -0.39 is 39.7 Å². The zero-order chi connectivity index (χ0) is 31.5. The first kappa shape index (κ1) is 31.7. The highest BCUT2D eigenvalue weighted by molar-refractivity contribution is 7.89. The molecule has 1 atom stereocenters. The molecule has 43 heavy (non-hydrogen) atoms. The van der Waals surface area contributed by atoms with Gasteiger partial charge < -0.3 is 20.7 Å². The first-order chi connectivity index (χ1) is 20.2. The molecule has 1 amide bonds. The number of halogens is 3. The number of nitrogens with two attached hydrogens (primary N) is 1. The van der Waals surface area contributed by atoms with Crippen molar-refractivity contribution in [1.29, 1.82) is 0 Å². The number of rotatable bonds is 8. The molecule has 1 saturated heterocycles. The molecule has 15 heteroatoms. The van der Waals surface area contributed by atoms with E-state index in [2.05, 4.69) is 33.9 Å². The Bertz CT molecular complexity index is 1580. The van der Waals surface area contributed by atoms with Gasteiger partial charge in [-0.1, -0.05) is 38.1 Å². The molecule has 4 rings (SSSR count). The number of nitrogens with one attached hydrogen (secondary N) is 1. The van der Waals surface area contributed by atoms with Crippen molar-refractivity contribution in [3.63, 3.8) is 0 Å². The Kier molecular flexibility index (Phi) is 9.25. The summed E-state index contributed by atoms with van der Waals surface area (Å²) in [4.78, 5) is 34.8. The quantitative estimate of drug-likeness (QED) is 0.362. The van der Waals surface area contributed by atoms with Gasteiger partial charge in [0, 0.05) is 26.2 Å². The van der Waals surface area contributed by atoms with Gasteiger partial charge in [-0.2, -0.15) is 17.5 Å². The van der Waals surface area contributed by atoms with E-state index in [9.17, 15) is 31.2 Å². The van der Waals surface area contributed by atoms with Gasteiger partial charge in [0.2, 0.25) is 15.9 Å².